The fourth-order valence-electron chi connectivity index (χ4n) is 5.16. The molecule has 3 N–H and O–H groups in total. The van der Waals surface area contributed by atoms with E-state index in [0.717, 1.165) is 34.1 Å². The van der Waals surface area contributed by atoms with Crippen LogP contribution in [-0.4, -0.2) is 37.9 Å². The molecule has 3 heterocycles. The number of anilines is 4. The van der Waals surface area contributed by atoms with Crippen LogP contribution in [0.5, 0.6) is 11.5 Å². The van der Waals surface area contributed by atoms with Crippen LogP contribution in [0, 0.1) is 5.82 Å². The fourth-order valence-corrected chi connectivity index (χ4v) is 5.16. The minimum Gasteiger partial charge on any atom is -0.497 e. The average Bonchev–Trinajstić information content (AvgIpc) is 3.52. The SMILES string of the molecule is CCc1cncc(Nc2cc(COc3ccc(NC(=O)Nc4cc(C(C)(C)C)nn4-c4cc(F)cc(OC)c4)c4ccccc34)ccn2)n1. The van der Waals surface area contributed by atoms with Crippen LogP contribution < -0.4 is 25.4 Å². The van der Waals surface area contributed by atoms with Gasteiger partial charge in [0.1, 0.15) is 41.4 Å². The zero-order valence-corrected chi connectivity index (χ0v) is 27.9. The van der Waals surface area contributed by atoms with E-state index in [4.69, 9.17) is 14.6 Å². The molecule has 2 amide bonds. The molecule has 0 atom stereocenters. The summed E-state index contributed by atoms with van der Waals surface area (Å²) < 4.78 is 27.5. The van der Waals surface area contributed by atoms with Crippen LogP contribution >= 0.6 is 0 Å². The van der Waals surface area contributed by atoms with Crippen molar-refractivity contribution in [1.29, 1.82) is 0 Å². The molecule has 0 aliphatic heterocycles. The smallest absolute Gasteiger partial charge is 0.324 e. The number of fused-ring (bicyclic) bond motifs is 1. The van der Waals surface area contributed by atoms with Gasteiger partial charge in [-0.05, 0) is 42.3 Å². The third kappa shape index (κ3) is 7.75. The van der Waals surface area contributed by atoms with Gasteiger partial charge in [0.15, 0.2) is 0 Å². The molecule has 11 nitrogen and oxygen atoms in total. The van der Waals surface area contributed by atoms with Crippen LogP contribution in [0.4, 0.5) is 32.3 Å². The van der Waals surface area contributed by atoms with Crippen molar-refractivity contribution in [1.82, 2.24) is 24.7 Å². The van der Waals surface area contributed by atoms with Gasteiger partial charge in [0.2, 0.25) is 0 Å². The Bertz CT molecular complexity index is 2130. The largest absolute Gasteiger partial charge is 0.497 e. The Hall–Kier alpha value is -6.04. The summed E-state index contributed by atoms with van der Waals surface area (Å²) in [5.41, 5.74) is 3.18. The molecule has 0 aliphatic carbocycles. The molecule has 3 aromatic heterocycles. The van der Waals surface area contributed by atoms with Crippen molar-refractivity contribution >= 4 is 39.9 Å². The van der Waals surface area contributed by atoms with E-state index >= 15 is 0 Å². The Morgan fingerprint density at radius 1 is 0.939 bits per heavy atom. The number of halogens is 1. The van der Waals surface area contributed by atoms with Crippen LogP contribution in [0.2, 0.25) is 0 Å². The van der Waals surface area contributed by atoms with Crippen molar-refractivity contribution in [2.75, 3.05) is 23.1 Å². The predicted octanol–water partition coefficient (Wildman–Crippen LogP) is 8.18. The number of hydrogen-bond acceptors (Lipinski definition) is 8. The van der Waals surface area contributed by atoms with Crippen LogP contribution in [0.3, 0.4) is 0 Å². The summed E-state index contributed by atoms with van der Waals surface area (Å²) in [4.78, 5) is 26.6. The van der Waals surface area contributed by atoms with Gasteiger partial charge >= 0.3 is 6.03 Å². The summed E-state index contributed by atoms with van der Waals surface area (Å²) >= 11 is 0. The van der Waals surface area contributed by atoms with Gasteiger partial charge in [-0.25, -0.2) is 23.8 Å². The number of carbonyl (C=O) groups is 1. The van der Waals surface area contributed by atoms with E-state index in [1.54, 1.807) is 36.8 Å². The number of carbonyl (C=O) groups excluding carboxylic acids is 1. The van der Waals surface area contributed by atoms with E-state index in [-0.39, 0.29) is 5.41 Å². The van der Waals surface area contributed by atoms with Gasteiger partial charge in [0.25, 0.3) is 0 Å². The molecule has 6 rings (SSSR count). The topological polar surface area (TPSA) is 128 Å². The second-order valence-corrected chi connectivity index (χ2v) is 12.4. The lowest BCUT2D eigenvalue weighted by Crippen LogP contribution is -2.21. The zero-order chi connectivity index (χ0) is 34.5. The van der Waals surface area contributed by atoms with E-state index in [2.05, 4.69) is 30.9 Å². The maximum Gasteiger partial charge on any atom is 0.324 e. The fraction of sp³-hybridized carbons (Fsp3) is 0.216. The molecule has 0 saturated heterocycles. The number of pyridine rings is 1. The van der Waals surface area contributed by atoms with Crippen molar-refractivity contribution in [3.63, 3.8) is 0 Å². The summed E-state index contributed by atoms with van der Waals surface area (Å²) in [6.07, 6.45) is 5.90. The monoisotopic (exact) mass is 660 g/mol. The first-order valence-electron chi connectivity index (χ1n) is 15.8. The van der Waals surface area contributed by atoms with E-state index in [9.17, 15) is 9.18 Å². The van der Waals surface area contributed by atoms with Crippen molar-refractivity contribution in [2.24, 2.45) is 0 Å². The molecule has 0 spiro atoms. The molecular formula is C37H37FN8O3. The maximum absolute atomic E-state index is 14.4. The third-order valence-electron chi connectivity index (χ3n) is 7.71. The number of rotatable bonds is 10. The highest BCUT2D eigenvalue weighted by molar-refractivity contribution is 6.07. The maximum atomic E-state index is 14.4. The lowest BCUT2D eigenvalue weighted by Gasteiger charge is -2.15. The highest BCUT2D eigenvalue weighted by atomic mass is 19.1. The molecule has 3 aromatic carbocycles. The molecule has 6 aromatic rings. The van der Waals surface area contributed by atoms with E-state index in [0.29, 0.717) is 46.9 Å². The second-order valence-electron chi connectivity index (χ2n) is 12.4. The summed E-state index contributed by atoms with van der Waals surface area (Å²) in [5.74, 6) is 2.13. The average molecular weight is 661 g/mol. The van der Waals surface area contributed by atoms with Crippen LogP contribution in [0.15, 0.2) is 91.4 Å². The summed E-state index contributed by atoms with van der Waals surface area (Å²) in [5, 5.41) is 15.4. The predicted molar refractivity (Wildman–Crippen MR) is 189 cm³/mol. The lowest BCUT2D eigenvalue weighted by atomic mass is 9.92. The van der Waals surface area contributed by atoms with Crippen molar-refractivity contribution in [3.8, 4) is 17.2 Å². The van der Waals surface area contributed by atoms with Gasteiger partial charge in [0, 0.05) is 46.8 Å². The third-order valence-corrected chi connectivity index (χ3v) is 7.71. The molecule has 12 heteroatoms. The number of benzene rings is 3. The first kappa shape index (κ1) is 32.9. The van der Waals surface area contributed by atoms with Crippen molar-refractivity contribution in [3.05, 3.63) is 114 Å². The summed E-state index contributed by atoms with van der Waals surface area (Å²) in [6, 6.07) is 20.6. The van der Waals surface area contributed by atoms with Crippen LogP contribution in [-0.2, 0) is 18.4 Å². The second kappa shape index (κ2) is 14.0. The highest BCUT2D eigenvalue weighted by Crippen LogP contribution is 2.33. The number of ether oxygens (including phenoxy) is 2. The zero-order valence-electron chi connectivity index (χ0n) is 27.9. The van der Waals surface area contributed by atoms with Crippen molar-refractivity contribution < 1.29 is 18.7 Å². The standard InChI is InChI=1S/C37H37FN8O3/c1-6-25-20-39-21-34(41-25)43-33-15-23(13-14-40-33)22-49-31-12-11-30(28-9-7-8-10-29(28)31)42-36(47)44-35-19-32(37(2,3)4)45-46(35)26-16-24(38)17-27(18-26)48-5/h7-21H,6,22H2,1-5H3,(H,40,41,43)(H2,42,44,47). The van der Waals surface area contributed by atoms with Crippen LogP contribution in [0.1, 0.15) is 44.6 Å². The van der Waals surface area contributed by atoms with Gasteiger partial charge in [-0.15, -0.1) is 0 Å². The number of nitrogens with one attached hydrogen (secondary N) is 3. The molecule has 49 heavy (non-hydrogen) atoms. The molecule has 0 aliphatic rings. The quantitative estimate of drug-likeness (QED) is 0.134. The number of aryl methyl sites for hydroxylation is 1. The molecule has 0 unspecified atom stereocenters. The number of aromatic nitrogens is 5. The highest BCUT2D eigenvalue weighted by Gasteiger charge is 2.22. The minimum absolute atomic E-state index is 0.292. The lowest BCUT2D eigenvalue weighted by molar-refractivity contribution is 0.262. The molecule has 0 saturated carbocycles. The molecule has 0 fully saturated rings. The molecule has 250 valence electrons. The Balaban J connectivity index is 1.20. The normalized spacial score (nSPS) is 11.3. The van der Waals surface area contributed by atoms with Crippen molar-refractivity contribution in [2.45, 2.75) is 46.1 Å². The van der Waals surface area contributed by atoms with Gasteiger partial charge in [-0.1, -0.05) is 52.0 Å². The number of hydrogen-bond donors (Lipinski definition) is 3. The molecular weight excluding hydrogens is 623 g/mol. The van der Waals surface area contributed by atoms with Gasteiger partial charge in [-0.3, -0.25) is 10.3 Å². The van der Waals surface area contributed by atoms with Gasteiger partial charge in [0.05, 0.1) is 36.1 Å². The summed E-state index contributed by atoms with van der Waals surface area (Å²) in [7, 11) is 1.46. The number of urea groups is 1. The van der Waals surface area contributed by atoms with E-state index < -0.39 is 11.8 Å². The molecule has 0 radical (unpaired) electrons. The van der Waals surface area contributed by atoms with E-state index in [1.165, 1.54) is 23.9 Å². The number of amides is 2. The van der Waals surface area contributed by atoms with Crippen LogP contribution in [0.25, 0.3) is 16.5 Å². The Kier molecular flexibility index (Phi) is 9.38. The Labute approximate surface area is 283 Å². The number of nitrogens with zero attached hydrogens (tertiary/aromatic N) is 5. The minimum atomic E-state index is -0.491. The Morgan fingerprint density at radius 2 is 1.76 bits per heavy atom. The Morgan fingerprint density at radius 3 is 2.53 bits per heavy atom. The molecule has 0 bridgehead atoms. The summed E-state index contributed by atoms with van der Waals surface area (Å²) in [6.45, 7) is 8.35. The van der Waals surface area contributed by atoms with Gasteiger partial charge in [-0.2, -0.15) is 5.10 Å². The van der Waals surface area contributed by atoms with Gasteiger partial charge < -0.3 is 20.1 Å². The first-order chi connectivity index (χ1) is 23.6. The van der Waals surface area contributed by atoms with E-state index in [1.807, 2.05) is 70.2 Å². The number of methoxy groups -OCH3 is 1. The first-order valence-corrected chi connectivity index (χ1v) is 15.8.